The van der Waals surface area contributed by atoms with Crippen molar-refractivity contribution >= 4 is 43.2 Å². The van der Waals surface area contributed by atoms with E-state index < -0.39 is 0 Å². The normalized spacial score (nSPS) is 10.3. The van der Waals surface area contributed by atoms with Crippen molar-refractivity contribution in [2.45, 2.75) is 13.5 Å². The van der Waals surface area contributed by atoms with Gasteiger partial charge in [-0.15, -0.1) is 0 Å². The van der Waals surface area contributed by atoms with Gasteiger partial charge >= 0.3 is 0 Å². The molecule has 0 heterocycles. The van der Waals surface area contributed by atoms with Gasteiger partial charge in [-0.2, -0.15) is 0 Å². The predicted octanol–water partition coefficient (Wildman–Crippen LogP) is 5.04. The molecule has 2 rings (SSSR count). The first kappa shape index (κ1) is 15.0. The highest BCUT2D eigenvalue weighted by Crippen LogP contribution is 2.26. The summed E-state index contributed by atoms with van der Waals surface area (Å²) < 4.78 is 1.79. The van der Waals surface area contributed by atoms with E-state index in [0.717, 1.165) is 20.2 Å². The van der Waals surface area contributed by atoms with Crippen LogP contribution >= 0.6 is 31.9 Å². The summed E-state index contributed by atoms with van der Waals surface area (Å²) >= 11 is 6.76. The molecule has 2 aromatic rings. The number of anilines is 1. The van der Waals surface area contributed by atoms with Crippen molar-refractivity contribution in [3.63, 3.8) is 0 Å². The summed E-state index contributed by atoms with van der Waals surface area (Å²) in [5.74, 6) is 0. The zero-order valence-corrected chi connectivity index (χ0v) is 13.9. The van der Waals surface area contributed by atoms with Gasteiger partial charge in [0.1, 0.15) is 0 Å². The smallest absolute Gasteiger partial charge is 0.274 e. The highest BCUT2D eigenvalue weighted by Gasteiger charge is 2.13. The van der Waals surface area contributed by atoms with Gasteiger partial charge < -0.3 is 5.32 Å². The molecule has 0 amide bonds. The van der Waals surface area contributed by atoms with E-state index in [-0.39, 0.29) is 10.6 Å². The largest absolute Gasteiger partial charge is 0.380 e. The third kappa shape index (κ3) is 3.58. The Balaban J connectivity index is 2.24. The number of hydrogen-bond donors (Lipinski definition) is 1. The van der Waals surface area contributed by atoms with Crippen LogP contribution in [0, 0.1) is 17.0 Å². The maximum Gasteiger partial charge on any atom is 0.274 e. The first-order valence-electron chi connectivity index (χ1n) is 5.90. The third-order valence-electron chi connectivity index (χ3n) is 2.91. The number of nitrogens with zero attached hydrogens (tertiary/aromatic N) is 1. The number of benzene rings is 2. The van der Waals surface area contributed by atoms with E-state index in [1.165, 1.54) is 6.07 Å². The van der Waals surface area contributed by atoms with Gasteiger partial charge in [0.2, 0.25) is 0 Å². The number of nitrogens with one attached hydrogen (secondary N) is 1. The average molecular weight is 400 g/mol. The van der Waals surface area contributed by atoms with Crippen molar-refractivity contribution in [1.82, 2.24) is 0 Å². The lowest BCUT2D eigenvalue weighted by molar-refractivity contribution is -0.385. The van der Waals surface area contributed by atoms with Crippen LogP contribution in [0.15, 0.2) is 45.3 Å². The fourth-order valence-corrected chi connectivity index (χ4v) is 2.62. The van der Waals surface area contributed by atoms with E-state index in [2.05, 4.69) is 37.2 Å². The molecule has 0 saturated carbocycles. The molecular weight excluding hydrogens is 388 g/mol. The van der Waals surface area contributed by atoms with E-state index in [4.69, 9.17) is 0 Å². The average Bonchev–Trinajstić information content (AvgIpc) is 2.39. The Morgan fingerprint density at radius 3 is 2.50 bits per heavy atom. The molecule has 0 aliphatic heterocycles. The molecule has 0 radical (unpaired) electrons. The van der Waals surface area contributed by atoms with Gasteiger partial charge in [0, 0.05) is 32.8 Å². The number of nitro benzene ring substituents is 1. The first-order valence-corrected chi connectivity index (χ1v) is 7.49. The van der Waals surface area contributed by atoms with Crippen molar-refractivity contribution in [2.24, 2.45) is 0 Å². The molecule has 0 fully saturated rings. The summed E-state index contributed by atoms with van der Waals surface area (Å²) in [5.41, 5.74) is 2.80. The van der Waals surface area contributed by atoms with Gasteiger partial charge in [0.05, 0.1) is 4.92 Å². The summed E-state index contributed by atoms with van der Waals surface area (Å²) in [5, 5.41) is 14.3. The fourth-order valence-electron chi connectivity index (χ4n) is 1.85. The van der Waals surface area contributed by atoms with Gasteiger partial charge in [0.25, 0.3) is 5.69 Å². The molecule has 0 aliphatic carbocycles. The second kappa shape index (κ2) is 6.37. The first-order chi connectivity index (χ1) is 9.47. The number of hydrogen-bond acceptors (Lipinski definition) is 3. The lowest BCUT2D eigenvalue weighted by atomic mass is 10.1. The maximum atomic E-state index is 11.0. The molecule has 4 nitrogen and oxygen atoms in total. The van der Waals surface area contributed by atoms with Gasteiger partial charge in [-0.1, -0.05) is 37.9 Å². The van der Waals surface area contributed by atoms with E-state index in [9.17, 15) is 10.1 Å². The zero-order valence-electron chi connectivity index (χ0n) is 10.7. The molecule has 1 N–H and O–H groups in total. The molecule has 104 valence electrons. The Morgan fingerprint density at radius 1 is 1.15 bits per heavy atom. The Bertz CT molecular complexity index is 660. The molecule has 0 aliphatic rings. The molecule has 0 bridgehead atoms. The van der Waals surface area contributed by atoms with Crippen LogP contribution in [-0.2, 0) is 6.54 Å². The highest BCUT2D eigenvalue weighted by molar-refractivity contribution is 9.10. The van der Waals surface area contributed by atoms with E-state index in [0.29, 0.717) is 12.1 Å². The van der Waals surface area contributed by atoms with Crippen LogP contribution in [0.1, 0.15) is 11.1 Å². The number of rotatable bonds is 4. The van der Waals surface area contributed by atoms with Crippen LogP contribution in [0.4, 0.5) is 11.4 Å². The Hall–Kier alpha value is -1.40. The molecule has 0 aromatic heterocycles. The van der Waals surface area contributed by atoms with Crippen molar-refractivity contribution in [2.75, 3.05) is 5.32 Å². The topological polar surface area (TPSA) is 55.2 Å². The summed E-state index contributed by atoms with van der Waals surface area (Å²) in [4.78, 5) is 10.7. The molecule has 6 heteroatoms. The van der Waals surface area contributed by atoms with E-state index >= 15 is 0 Å². The van der Waals surface area contributed by atoms with Gasteiger partial charge in [-0.3, -0.25) is 10.1 Å². The minimum absolute atomic E-state index is 0.119. The standard InChI is InChI=1S/C14H12Br2N2O2/c1-9-2-3-12(16)7-13(9)17-8-10-6-11(15)4-5-14(10)18(19)20/h2-7,17H,8H2,1H3. The molecule has 0 unspecified atom stereocenters. The van der Waals surface area contributed by atoms with Crippen LogP contribution in [0.3, 0.4) is 0 Å². The summed E-state index contributed by atoms with van der Waals surface area (Å²) in [6, 6.07) is 10.8. The second-order valence-corrected chi connectivity index (χ2v) is 6.17. The summed E-state index contributed by atoms with van der Waals surface area (Å²) in [6.45, 7) is 2.39. The van der Waals surface area contributed by atoms with Crippen molar-refractivity contribution < 1.29 is 4.92 Å². The van der Waals surface area contributed by atoms with Crippen molar-refractivity contribution in [3.05, 3.63) is 66.6 Å². The quantitative estimate of drug-likeness (QED) is 0.578. The van der Waals surface area contributed by atoms with Crippen LogP contribution in [-0.4, -0.2) is 4.92 Å². The van der Waals surface area contributed by atoms with E-state index in [1.54, 1.807) is 12.1 Å². The molecule has 20 heavy (non-hydrogen) atoms. The van der Waals surface area contributed by atoms with Crippen LogP contribution in [0.25, 0.3) is 0 Å². The predicted molar refractivity (Wildman–Crippen MR) is 87.0 cm³/mol. The molecule has 0 spiro atoms. The zero-order chi connectivity index (χ0) is 14.7. The van der Waals surface area contributed by atoms with Crippen LogP contribution in [0.2, 0.25) is 0 Å². The summed E-state index contributed by atoms with van der Waals surface area (Å²) in [6.07, 6.45) is 0. The monoisotopic (exact) mass is 398 g/mol. The summed E-state index contributed by atoms with van der Waals surface area (Å²) in [7, 11) is 0. The lowest BCUT2D eigenvalue weighted by Crippen LogP contribution is -2.04. The minimum Gasteiger partial charge on any atom is -0.380 e. The SMILES string of the molecule is Cc1ccc(Br)cc1NCc1cc(Br)ccc1[N+](=O)[O-]. The number of nitro groups is 1. The molecule has 0 atom stereocenters. The maximum absolute atomic E-state index is 11.0. The van der Waals surface area contributed by atoms with Gasteiger partial charge in [0.15, 0.2) is 0 Å². The van der Waals surface area contributed by atoms with Gasteiger partial charge in [-0.05, 0) is 36.8 Å². The Kier molecular flexibility index (Phi) is 4.77. The van der Waals surface area contributed by atoms with Crippen LogP contribution < -0.4 is 5.32 Å². The van der Waals surface area contributed by atoms with Gasteiger partial charge in [-0.25, -0.2) is 0 Å². The minimum atomic E-state index is -0.364. The molecular formula is C14H12Br2N2O2. The Labute approximate surface area is 133 Å². The molecule has 2 aromatic carbocycles. The van der Waals surface area contributed by atoms with Crippen molar-refractivity contribution in [1.29, 1.82) is 0 Å². The third-order valence-corrected chi connectivity index (χ3v) is 3.89. The second-order valence-electron chi connectivity index (χ2n) is 4.34. The lowest BCUT2D eigenvalue weighted by Gasteiger charge is -2.10. The highest BCUT2D eigenvalue weighted by atomic mass is 79.9. The Morgan fingerprint density at radius 2 is 1.80 bits per heavy atom. The number of aryl methyl sites for hydroxylation is 1. The number of halogens is 2. The van der Waals surface area contributed by atoms with Crippen molar-refractivity contribution in [3.8, 4) is 0 Å². The van der Waals surface area contributed by atoms with E-state index in [1.807, 2.05) is 25.1 Å². The fraction of sp³-hybridized carbons (Fsp3) is 0.143. The molecule has 0 saturated heterocycles. The van der Waals surface area contributed by atoms with Crippen LogP contribution in [0.5, 0.6) is 0 Å².